The third-order valence-electron chi connectivity index (χ3n) is 3.26. The van der Waals surface area contributed by atoms with Crippen LogP contribution in [-0.2, 0) is 11.2 Å². The molecule has 1 aliphatic carbocycles. The van der Waals surface area contributed by atoms with Crippen LogP contribution in [0.2, 0.25) is 0 Å². The molecule has 0 aliphatic heterocycles. The summed E-state index contributed by atoms with van der Waals surface area (Å²) >= 11 is 0. The van der Waals surface area contributed by atoms with Gasteiger partial charge in [-0.15, -0.1) is 0 Å². The van der Waals surface area contributed by atoms with Gasteiger partial charge in [-0.1, -0.05) is 54.6 Å². The van der Waals surface area contributed by atoms with Gasteiger partial charge in [0.15, 0.2) is 0 Å². The molecule has 2 aromatic carbocycles. The molecule has 3 rings (SSSR count). The van der Waals surface area contributed by atoms with Crippen molar-refractivity contribution >= 4 is 11.5 Å². The molecule has 2 heteroatoms. The summed E-state index contributed by atoms with van der Waals surface area (Å²) in [4.78, 5) is 11.3. The number of hydrogen-bond acceptors (Lipinski definition) is 2. The van der Waals surface area contributed by atoms with E-state index >= 15 is 0 Å². The van der Waals surface area contributed by atoms with Gasteiger partial charge in [-0.2, -0.15) is 0 Å². The van der Waals surface area contributed by atoms with E-state index in [0.717, 1.165) is 22.3 Å². The second-order valence-electron chi connectivity index (χ2n) is 4.34. The van der Waals surface area contributed by atoms with Crippen molar-refractivity contribution in [3.05, 3.63) is 76.9 Å². The number of carbonyl (C=O) groups is 1. The van der Waals surface area contributed by atoms with Crippen molar-refractivity contribution in [3.63, 3.8) is 0 Å². The Labute approximate surface area is 105 Å². The second-order valence-corrected chi connectivity index (χ2v) is 4.34. The number of carboxylic acid groups (broad SMARTS) is 1. The first-order valence-corrected chi connectivity index (χ1v) is 5.85. The summed E-state index contributed by atoms with van der Waals surface area (Å²) in [6, 6.07) is 17.4. The molecule has 2 nitrogen and oxygen atoms in total. The standard InChI is InChI=1S/C16H12O2/c17-16(18)14-10-12-8-4-5-9-13(12)15(14)11-6-2-1-3-7-11/h1-9H,10H2,(H,17,18)/p-1. The summed E-state index contributed by atoms with van der Waals surface area (Å²) in [5.74, 6) is -1.08. The summed E-state index contributed by atoms with van der Waals surface area (Å²) in [7, 11) is 0. The zero-order valence-corrected chi connectivity index (χ0v) is 9.72. The Bertz CT molecular complexity index is 639. The largest absolute Gasteiger partial charge is 0.545 e. The number of rotatable bonds is 2. The maximum Gasteiger partial charge on any atom is 0.0684 e. The fraction of sp³-hybridized carbons (Fsp3) is 0.0625. The molecule has 0 fully saturated rings. The first-order valence-electron chi connectivity index (χ1n) is 5.85. The van der Waals surface area contributed by atoms with Crippen LogP contribution in [0.15, 0.2) is 60.2 Å². The molecule has 0 saturated heterocycles. The molecule has 0 amide bonds. The molecule has 0 bridgehead atoms. The maximum atomic E-state index is 11.3. The summed E-state index contributed by atoms with van der Waals surface area (Å²) in [5, 5.41) is 11.3. The second kappa shape index (κ2) is 4.15. The molecule has 0 N–H and O–H groups in total. The molecule has 0 atom stereocenters. The van der Waals surface area contributed by atoms with Gasteiger partial charge in [0.1, 0.15) is 0 Å². The predicted molar refractivity (Wildman–Crippen MR) is 67.6 cm³/mol. The number of carbonyl (C=O) groups excluding carboxylic acids is 1. The molecular weight excluding hydrogens is 224 g/mol. The van der Waals surface area contributed by atoms with Gasteiger partial charge in [-0.05, 0) is 27.8 Å². The van der Waals surface area contributed by atoms with Gasteiger partial charge in [0.05, 0.1) is 5.97 Å². The van der Waals surface area contributed by atoms with Crippen molar-refractivity contribution in [3.8, 4) is 0 Å². The quantitative estimate of drug-likeness (QED) is 0.796. The highest BCUT2D eigenvalue weighted by molar-refractivity contribution is 6.03. The minimum atomic E-state index is -1.08. The third-order valence-corrected chi connectivity index (χ3v) is 3.26. The molecule has 0 aromatic heterocycles. The van der Waals surface area contributed by atoms with E-state index < -0.39 is 5.97 Å². The van der Waals surface area contributed by atoms with Crippen molar-refractivity contribution in [2.24, 2.45) is 0 Å². The third kappa shape index (κ3) is 1.63. The number of carboxylic acids is 1. The zero-order chi connectivity index (χ0) is 12.5. The smallest absolute Gasteiger partial charge is 0.0684 e. The molecular formula is C16H11O2-. The lowest BCUT2D eigenvalue weighted by molar-refractivity contribution is -0.299. The van der Waals surface area contributed by atoms with E-state index in [-0.39, 0.29) is 0 Å². The van der Waals surface area contributed by atoms with Crippen LogP contribution >= 0.6 is 0 Å². The van der Waals surface area contributed by atoms with Crippen LogP contribution in [0.25, 0.3) is 5.57 Å². The Balaban J connectivity index is 2.24. The summed E-state index contributed by atoms with van der Waals surface area (Å²) in [5.41, 5.74) is 4.16. The Kier molecular flexibility index (Phi) is 2.49. The molecule has 0 unspecified atom stereocenters. The van der Waals surface area contributed by atoms with Gasteiger partial charge in [0, 0.05) is 6.42 Å². The Hall–Kier alpha value is -2.35. The summed E-state index contributed by atoms with van der Waals surface area (Å²) in [6.45, 7) is 0. The fourth-order valence-corrected chi connectivity index (χ4v) is 2.47. The maximum absolute atomic E-state index is 11.3. The summed E-state index contributed by atoms with van der Waals surface area (Å²) < 4.78 is 0. The zero-order valence-electron chi connectivity index (χ0n) is 9.72. The van der Waals surface area contributed by atoms with Gasteiger partial charge in [-0.3, -0.25) is 0 Å². The highest BCUT2D eigenvalue weighted by Crippen LogP contribution is 2.36. The minimum absolute atomic E-state index is 0.377. The van der Waals surface area contributed by atoms with E-state index in [9.17, 15) is 9.90 Å². The van der Waals surface area contributed by atoms with Crippen molar-refractivity contribution < 1.29 is 9.90 Å². The van der Waals surface area contributed by atoms with E-state index in [1.807, 2.05) is 54.6 Å². The van der Waals surface area contributed by atoms with Crippen molar-refractivity contribution in [1.82, 2.24) is 0 Å². The lowest BCUT2D eigenvalue weighted by Crippen LogP contribution is -2.25. The number of fused-ring (bicyclic) bond motifs is 1. The minimum Gasteiger partial charge on any atom is -0.545 e. The molecule has 0 saturated carbocycles. The number of hydrogen-bond donors (Lipinski definition) is 0. The van der Waals surface area contributed by atoms with E-state index in [1.54, 1.807) is 0 Å². The normalized spacial score (nSPS) is 13.6. The van der Waals surface area contributed by atoms with E-state index in [1.165, 1.54) is 0 Å². The molecule has 0 heterocycles. The average molecular weight is 235 g/mol. The van der Waals surface area contributed by atoms with Crippen molar-refractivity contribution in [2.75, 3.05) is 0 Å². The Morgan fingerprint density at radius 3 is 2.33 bits per heavy atom. The van der Waals surface area contributed by atoms with Gasteiger partial charge in [-0.25, -0.2) is 0 Å². The predicted octanol–water partition coefficient (Wildman–Crippen LogP) is 1.79. The van der Waals surface area contributed by atoms with Gasteiger partial charge < -0.3 is 9.90 Å². The van der Waals surface area contributed by atoms with Crippen LogP contribution in [0.3, 0.4) is 0 Å². The summed E-state index contributed by atoms with van der Waals surface area (Å²) in [6.07, 6.45) is 0.447. The van der Waals surface area contributed by atoms with E-state index in [2.05, 4.69) is 0 Å². The highest BCUT2D eigenvalue weighted by Gasteiger charge is 2.22. The molecule has 88 valence electrons. The first kappa shape index (κ1) is 10.8. The Morgan fingerprint density at radius 2 is 1.61 bits per heavy atom. The number of aliphatic carboxylic acids is 1. The monoisotopic (exact) mass is 235 g/mol. The SMILES string of the molecule is O=C([O-])C1=C(c2ccccc2)c2ccccc2C1. The molecule has 1 aliphatic rings. The highest BCUT2D eigenvalue weighted by atomic mass is 16.4. The van der Waals surface area contributed by atoms with Crippen LogP contribution in [0.1, 0.15) is 16.7 Å². The van der Waals surface area contributed by atoms with Crippen molar-refractivity contribution in [2.45, 2.75) is 6.42 Å². The van der Waals surface area contributed by atoms with E-state index in [0.29, 0.717) is 12.0 Å². The van der Waals surface area contributed by atoms with Crippen LogP contribution in [-0.4, -0.2) is 5.97 Å². The first-order chi connectivity index (χ1) is 8.77. The lowest BCUT2D eigenvalue weighted by Gasteiger charge is -2.09. The van der Waals surface area contributed by atoms with E-state index in [4.69, 9.17) is 0 Å². The molecule has 2 aromatic rings. The Morgan fingerprint density at radius 1 is 0.944 bits per heavy atom. The molecule has 0 spiro atoms. The van der Waals surface area contributed by atoms with Crippen LogP contribution < -0.4 is 5.11 Å². The number of benzene rings is 2. The molecule has 0 radical (unpaired) electrons. The van der Waals surface area contributed by atoms with Gasteiger partial charge in [0.2, 0.25) is 0 Å². The molecule has 18 heavy (non-hydrogen) atoms. The van der Waals surface area contributed by atoms with Crippen LogP contribution in [0, 0.1) is 0 Å². The van der Waals surface area contributed by atoms with Gasteiger partial charge >= 0.3 is 0 Å². The lowest BCUT2D eigenvalue weighted by atomic mass is 9.98. The van der Waals surface area contributed by atoms with Crippen LogP contribution in [0.4, 0.5) is 0 Å². The van der Waals surface area contributed by atoms with Crippen LogP contribution in [0.5, 0.6) is 0 Å². The topological polar surface area (TPSA) is 40.1 Å². The van der Waals surface area contributed by atoms with Crippen molar-refractivity contribution in [1.29, 1.82) is 0 Å². The fourth-order valence-electron chi connectivity index (χ4n) is 2.47. The van der Waals surface area contributed by atoms with Gasteiger partial charge in [0.25, 0.3) is 0 Å². The average Bonchev–Trinajstić information content (AvgIpc) is 2.79.